The maximum atomic E-state index is 6.01. The van der Waals surface area contributed by atoms with Crippen LogP contribution in [-0.4, -0.2) is 16.7 Å². The van der Waals surface area contributed by atoms with E-state index in [4.69, 9.17) is 20.8 Å². The molecule has 6 heteroatoms. The summed E-state index contributed by atoms with van der Waals surface area (Å²) in [7, 11) is 0. The molecular weight excluding hydrogens is 278 g/mol. The Morgan fingerprint density at radius 1 is 1.25 bits per heavy atom. The summed E-state index contributed by atoms with van der Waals surface area (Å²) in [5, 5.41) is 11.8. The first-order valence-corrected chi connectivity index (χ1v) is 7.04. The first-order valence-electron chi connectivity index (χ1n) is 6.66. The van der Waals surface area contributed by atoms with Crippen molar-refractivity contribution in [1.82, 2.24) is 15.5 Å². The molecule has 2 aromatic rings. The first-order chi connectivity index (χ1) is 9.72. The van der Waals surface area contributed by atoms with Crippen LogP contribution < -0.4 is 10.1 Å². The van der Waals surface area contributed by atoms with Crippen molar-refractivity contribution in [3.05, 3.63) is 40.6 Å². The molecule has 0 unspecified atom stereocenters. The quantitative estimate of drug-likeness (QED) is 0.851. The van der Waals surface area contributed by atoms with E-state index in [-0.39, 0.29) is 6.61 Å². The molecule has 108 valence electrons. The second-order valence-electron chi connectivity index (χ2n) is 4.26. The van der Waals surface area contributed by atoms with E-state index in [1.54, 1.807) is 6.07 Å². The molecule has 5 nitrogen and oxygen atoms in total. The van der Waals surface area contributed by atoms with E-state index < -0.39 is 0 Å². The van der Waals surface area contributed by atoms with Crippen LogP contribution in [0.3, 0.4) is 0 Å². The number of hydrogen-bond acceptors (Lipinski definition) is 5. The van der Waals surface area contributed by atoms with Gasteiger partial charge in [0.25, 0.3) is 5.89 Å². The third kappa shape index (κ3) is 3.95. The van der Waals surface area contributed by atoms with Gasteiger partial charge in [0.05, 0.1) is 0 Å². The summed E-state index contributed by atoms with van der Waals surface area (Å²) in [6, 6.07) is 5.55. The minimum atomic E-state index is 0.258. The van der Waals surface area contributed by atoms with Gasteiger partial charge >= 0.3 is 0 Å². The molecule has 0 atom stereocenters. The van der Waals surface area contributed by atoms with Gasteiger partial charge in [0, 0.05) is 23.6 Å². The average Bonchev–Trinajstić information content (AvgIpc) is 2.92. The van der Waals surface area contributed by atoms with Crippen LogP contribution in [0.4, 0.5) is 0 Å². The van der Waals surface area contributed by atoms with Crippen molar-refractivity contribution >= 4 is 11.6 Å². The Kier molecular flexibility index (Phi) is 5.38. The summed E-state index contributed by atoms with van der Waals surface area (Å²) in [5.74, 6) is 1.87. The van der Waals surface area contributed by atoms with Crippen molar-refractivity contribution in [2.75, 3.05) is 6.54 Å². The van der Waals surface area contributed by atoms with Gasteiger partial charge in [0.2, 0.25) is 5.89 Å². The minimum Gasteiger partial charge on any atom is -0.483 e. The molecule has 2 rings (SSSR count). The van der Waals surface area contributed by atoms with Gasteiger partial charge in [-0.1, -0.05) is 25.4 Å². The van der Waals surface area contributed by atoms with E-state index in [0.717, 1.165) is 24.3 Å². The number of benzene rings is 1. The number of nitrogens with zero attached hydrogens (tertiary/aromatic N) is 2. The third-order valence-corrected chi connectivity index (χ3v) is 2.99. The fraction of sp³-hybridized carbons (Fsp3) is 0.429. The molecule has 0 spiro atoms. The molecule has 0 aliphatic rings. The molecule has 1 heterocycles. The molecule has 0 amide bonds. The minimum absolute atomic E-state index is 0.258. The van der Waals surface area contributed by atoms with E-state index in [1.165, 1.54) is 0 Å². The van der Waals surface area contributed by atoms with Gasteiger partial charge in [-0.25, -0.2) is 0 Å². The molecule has 0 aliphatic heterocycles. The summed E-state index contributed by atoms with van der Waals surface area (Å²) < 4.78 is 11.1. The largest absolute Gasteiger partial charge is 0.483 e. The third-order valence-electron chi connectivity index (χ3n) is 2.75. The molecule has 0 radical (unpaired) electrons. The van der Waals surface area contributed by atoms with Crippen LogP contribution in [0, 0.1) is 0 Å². The standard InChI is InChI=1S/C14H18ClN3O2/c1-3-13-17-18-14(20-13)9-19-12-6-5-11(15)7-10(12)8-16-4-2/h5-7,16H,3-4,8-9H2,1-2H3. The van der Waals surface area contributed by atoms with E-state index in [9.17, 15) is 0 Å². The lowest BCUT2D eigenvalue weighted by Gasteiger charge is -2.11. The molecule has 0 saturated carbocycles. The van der Waals surface area contributed by atoms with E-state index in [0.29, 0.717) is 23.3 Å². The predicted molar refractivity (Wildman–Crippen MR) is 76.8 cm³/mol. The van der Waals surface area contributed by atoms with Crippen LogP contribution >= 0.6 is 11.6 Å². The molecule has 1 N–H and O–H groups in total. The highest BCUT2D eigenvalue weighted by Gasteiger charge is 2.08. The van der Waals surface area contributed by atoms with Gasteiger partial charge in [-0.05, 0) is 24.7 Å². The zero-order valence-electron chi connectivity index (χ0n) is 11.6. The van der Waals surface area contributed by atoms with Gasteiger partial charge in [-0.2, -0.15) is 0 Å². The van der Waals surface area contributed by atoms with Gasteiger partial charge in [-0.3, -0.25) is 0 Å². The van der Waals surface area contributed by atoms with Crippen molar-refractivity contribution in [2.24, 2.45) is 0 Å². The van der Waals surface area contributed by atoms with Crippen LogP contribution in [0.25, 0.3) is 0 Å². The Labute approximate surface area is 123 Å². The fourth-order valence-corrected chi connectivity index (χ4v) is 1.91. The van der Waals surface area contributed by atoms with Crippen LogP contribution in [0.2, 0.25) is 5.02 Å². The Bertz CT molecular complexity index is 557. The van der Waals surface area contributed by atoms with E-state index >= 15 is 0 Å². The number of rotatable bonds is 7. The summed E-state index contributed by atoms with van der Waals surface area (Å²) in [6.45, 7) is 5.86. The summed E-state index contributed by atoms with van der Waals surface area (Å²) >= 11 is 6.01. The zero-order chi connectivity index (χ0) is 14.4. The Morgan fingerprint density at radius 3 is 2.75 bits per heavy atom. The monoisotopic (exact) mass is 295 g/mol. The van der Waals surface area contributed by atoms with Crippen LogP contribution in [0.1, 0.15) is 31.2 Å². The van der Waals surface area contributed by atoms with Crippen LogP contribution in [0.5, 0.6) is 5.75 Å². The van der Waals surface area contributed by atoms with E-state index in [2.05, 4.69) is 22.4 Å². The highest BCUT2D eigenvalue weighted by atomic mass is 35.5. The predicted octanol–water partition coefficient (Wildman–Crippen LogP) is 2.97. The number of aromatic nitrogens is 2. The lowest BCUT2D eigenvalue weighted by atomic mass is 10.2. The maximum Gasteiger partial charge on any atom is 0.253 e. The summed E-state index contributed by atoms with van der Waals surface area (Å²) in [6.07, 6.45) is 0.722. The van der Waals surface area contributed by atoms with Crippen molar-refractivity contribution < 1.29 is 9.15 Å². The average molecular weight is 296 g/mol. The molecule has 20 heavy (non-hydrogen) atoms. The second kappa shape index (κ2) is 7.26. The number of halogens is 1. The SMILES string of the molecule is CCNCc1cc(Cl)ccc1OCc1nnc(CC)o1. The number of hydrogen-bond donors (Lipinski definition) is 1. The molecule has 0 saturated heterocycles. The van der Waals surface area contributed by atoms with Crippen LogP contribution in [-0.2, 0) is 19.6 Å². The lowest BCUT2D eigenvalue weighted by molar-refractivity contribution is 0.256. The first kappa shape index (κ1) is 14.8. The lowest BCUT2D eigenvalue weighted by Crippen LogP contribution is -2.13. The fourth-order valence-electron chi connectivity index (χ4n) is 1.72. The number of aryl methyl sites for hydroxylation is 1. The smallest absolute Gasteiger partial charge is 0.253 e. The molecule has 0 aliphatic carbocycles. The number of nitrogens with one attached hydrogen (secondary N) is 1. The molecular formula is C14H18ClN3O2. The van der Waals surface area contributed by atoms with Crippen molar-refractivity contribution in [1.29, 1.82) is 0 Å². The highest BCUT2D eigenvalue weighted by molar-refractivity contribution is 6.30. The second-order valence-corrected chi connectivity index (χ2v) is 4.70. The molecule has 1 aromatic heterocycles. The molecule has 1 aromatic carbocycles. The van der Waals surface area contributed by atoms with E-state index in [1.807, 2.05) is 19.1 Å². The van der Waals surface area contributed by atoms with Gasteiger partial charge in [0.1, 0.15) is 5.75 Å². The maximum absolute atomic E-state index is 6.01. The Hall–Kier alpha value is -1.59. The zero-order valence-corrected chi connectivity index (χ0v) is 12.4. The van der Waals surface area contributed by atoms with Gasteiger partial charge in [-0.15, -0.1) is 10.2 Å². The Morgan fingerprint density at radius 2 is 2.05 bits per heavy atom. The van der Waals surface area contributed by atoms with Crippen LogP contribution in [0.15, 0.2) is 22.6 Å². The Balaban J connectivity index is 2.04. The van der Waals surface area contributed by atoms with Crippen molar-refractivity contribution in [3.8, 4) is 5.75 Å². The van der Waals surface area contributed by atoms with Gasteiger partial charge in [0.15, 0.2) is 6.61 Å². The van der Waals surface area contributed by atoms with Crippen molar-refractivity contribution in [3.63, 3.8) is 0 Å². The topological polar surface area (TPSA) is 60.2 Å². The van der Waals surface area contributed by atoms with Crippen molar-refractivity contribution in [2.45, 2.75) is 33.4 Å². The van der Waals surface area contributed by atoms with Gasteiger partial charge < -0.3 is 14.5 Å². The summed E-state index contributed by atoms with van der Waals surface area (Å²) in [5.41, 5.74) is 1.01. The summed E-state index contributed by atoms with van der Waals surface area (Å²) in [4.78, 5) is 0. The highest BCUT2D eigenvalue weighted by Crippen LogP contribution is 2.23. The number of ether oxygens (including phenoxy) is 1. The molecule has 0 fully saturated rings. The normalized spacial score (nSPS) is 10.8. The molecule has 0 bridgehead atoms.